The average Bonchev–Trinajstić information content (AvgIpc) is 3.59. The molecular weight excluding hydrogens is 497 g/mol. The van der Waals surface area contributed by atoms with Gasteiger partial charge in [-0.1, -0.05) is 150 Å². The summed E-state index contributed by atoms with van der Waals surface area (Å²) in [6, 6.07) is 20.2. The second kappa shape index (κ2) is 6.93. The van der Waals surface area contributed by atoms with Crippen molar-refractivity contribution in [1.29, 1.82) is 0 Å². The van der Waals surface area contributed by atoms with Gasteiger partial charge in [-0.05, 0) is 33.9 Å². The minimum atomic E-state index is -2.09. The van der Waals surface area contributed by atoms with Gasteiger partial charge in [-0.3, -0.25) is 0 Å². The van der Waals surface area contributed by atoms with Crippen LogP contribution < -0.4 is 0 Å². The minimum Gasteiger partial charge on any atom is -0.0817 e. The van der Waals surface area contributed by atoms with E-state index >= 15 is 0 Å². The van der Waals surface area contributed by atoms with Crippen molar-refractivity contribution in [3.63, 3.8) is 0 Å². The maximum absolute atomic E-state index is 7.24. The Kier molecular flexibility index (Phi) is 4.91. The molecular formula is C31H39P3S. The molecule has 0 nitrogen and oxygen atoms in total. The Balaban J connectivity index is 1.72. The Morgan fingerprint density at radius 1 is 0.800 bits per heavy atom. The smallest absolute Gasteiger partial charge is 0.0513 e. The number of benzene rings is 2. The summed E-state index contributed by atoms with van der Waals surface area (Å²) in [6.07, 6.45) is 0. The molecule has 0 spiro atoms. The predicted molar refractivity (Wildman–Crippen MR) is 161 cm³/mol. The minimum absolute atomic E-state index is 0.131. The standard InChI is InChI=1S/C31H39P3S/c1-26(2,3)25-32-24-29(23-18-14-11-15-19-23)31(33(25)29,28(7,8)9)34(35,30(24,32)27(4,5)6)21-20-22-16-12-10-13-17-22/h10-19,24-25H,1-9H3/t24-,25?,29+,30+,31+,32?,33?,34?/m1/s1. The molecule has 0 aliphatic carbocycles. The number of fused-ring (bicyclic) bond motifs is 2. The van der Waals surface area contributed by atoms with Crippen LogP contribution in [0.15, 0.2) is 60.7 Å². The largest absolute Gasteiger partial charge is 0.0817 e. The highest BCUT2D eigenvalue weighted by atomic mass is 32.4. The molecule has 184 valence electrons. The Bertz CT molecular complexity index is 1320. The molecule has 4 heterocycles. The highest BCUT2D eigenvalue weighted by Gasteiger charge is 3.10. The fourth-order valence-corrected chi connectivity index (χ4v) is 38.3. The van der Waals surface area contributed by atoms with Gasteiger partial charge >= 0.3 is 0 Å². The van der Waals surface area contributed by atoms with E-state index in [0.717, 1.165) is 16.6 Å². The van der Waals surface area contributed by atoms with Crippen molar-refractivity contribution in [2.45, 2.75) is 88.3 Å². The van der Waals surface area contributed by atoms with Gasteiger partial charge in [-0.25, -0.2) is 0 Å². The maximum atomic E-state index is 7.24. The summed E-state index contributed by atoms with van der Waals surface area (Å²) < 4.78 is 0. The van der Waals surface area contributed by atoms with Crippen LogP contribution in [0.25, 0.3) is 0 Å². The van der Waals surface area contributed by atoms with Gasteiger partial charge in [0.05, 0.1) is 4.90 Å². The van der Waals surface area contributed by atoms with Crippen LogP contribution in [-0.2, 0) is 17.0 Å². The van der Waals surface area contributed by atoms with Crippen LogP contribution in [0, 0.1) is 27.8 Å². The molecule has 4 fully saturated rings. The second-order valence-electron chi connectivity index (χ2n) is 14.2. The predicted octanol–water partition coefficient (Wildman–Crippen LogP) is 9.61. The fourth-order valence-electron chi connectivity index (χ4n) is 8.80. The van der Waals surface area contributed by atoms with E-state index in [4.69, 9.17) is 11.8 Å². The number of hydrogen-bond acceptors (Lipinski definition) is 1. The van der Waals surface area contributed by atoms with Gasteiger partial charge in [0.25, 0.3) is 0 Å². The van der Waals surface area contributed by atoms with Gasteiger partial charge in [0.2, 0.25) is 0 Å². The summed E-state index contributed by atoms with van der Waals surface area (Å²) in [4.78, 5) is 0.387. The molecule has 0 radical (unpaired) electrons. The third-order valence-electron chi connectivity index (χ3n) is 9.30. The van der Waals surface area contributed by atoms with Crippen LogP contribution in [0.3, 0.4) is 0 Å². The molecule has 4 unspecified atom stereocenters. The first kappa shape index (κ1) is 24.8. The number of hydrogen-bond donors (Lipinski definition) is 0. The van der Waals surface area contributed by atoms with Crippen molar-refractivity contribution in [2.75, 3.05) is 0 Å². The van der Waals surface area contributed by atoms with E-state index in [1.54, 1.807) is 5.56 Å². The molecule has 2 aromatic carbocycles. The SMILES string of the molecule is CC(C)(C)C1P2[C@]3(C(C)(C)C)[C@]2(c2ccccc2)[C@H]2P1[C@]2(C(C)(C)C)P3(=S)C#Cc1ccccc1. The topological polar surface area (TPSA) is 0 Å². The van der Waals surface area contributed by atoms with Gasteiger partial charge < -0.3 is 0 Å². The van der Waals surface area contributed by atoms with Crippen molar-refractivity contribution in [3.05, 3.63) is 71.8 Å². The molecule has 4 aliphatic rings. The number of rotatable bonds is 1. The zero-order valence-corrected chi connectivity index (χ0v) is 26.2. The normalized spacial score (nSPS) is 42.8. The summed E-state index contributed by atoms with van der Waals surface area (Å²) in [5, 5.41) is 1.09. The van der Waals surface area contributed by atoms with Crippen molar-refractivity contribution in [2.24, 2.45) is 16.2 Å². The summed E-state index contributed by atoms with van der Waals surface area (Å²) in [6.45, 7) is 22.7. The monoisotopic (exact) mass is 536 g/mol. The van der Waals surface area contributed by atoms with Crippen LogP contribution in [0.4, 0.5) is 0 Å². The molecule has 0 saturated carbocycles. The molecule has 2 aromatic rings. The van der Waals surface area contributed by atoms with Crippen LogP contribution in [-0.4, -0.2) is 20.9 Å². The molecule has 4 saturated heterocycles. The maximum Gasteiger partial charge on any atom is 0.0513 e. The van der Waals surface area contributed by atoms with E-state index in [9.17, 15) is 0 Å². The highest BCUT2D eigenvalue weighted by Crippen LogP contribution is 3.30. The first-order valence-electron chi connectivity index (χ1n) is 13.0. The van der Waals surface area contributed by atoms with E-state index < -0.39 is 6.04 Å². The molecule has 0 aromatic heterocycles. The van der Waals surface area contributed by atoms with E-state index in [1.807, 2.05) is 0 Å². The molecule has 35 heavy (non-hydrogen) atoms. The summed E-state index contributed by atoms with van der Waals surface area (Å²) >= 11 is 7.24. The zero-order valence-electron chi connectivity index (χ0n) is 22.7. The van der Waals surface area contributed by atoms with Gasteiger partial charge in [0, 0.05) is 32.7 Å². The fraction of sp³-hybridized carbons (Fsp3) is 0.548. The van der Waals surface area contributed by atoms with Gasteiger partial charge in [-0.15, -0.1) is 0 Å². The quantitative estimate of drug-likeness (QED) is 0.258. The Labute approximate surface area is 221 Å². The lowest BCUT2D eigenvalue weighted by Gasteiger charge is -2.53. The molecule has 4 aliphatic heterocycles. The Morgan fingerprint density at radius 2 is 1.34 bits per heavy atom. The molecule has 0 amide bonds. The van der Waals surface area contributed by atoms with E-state index in [1.165, 1.54) is 0 Å². The van der Waals surface area contributed by atoms with Crippen LogP contribution >= 0.6 is 21.9 Å². The molecule has 6 rings (SSSR count). The zero-order chi connectivity index (χ0) is 25.4. The Morgan fingerprint density at radius 3 is 1.83 bits per heavy atom. The van der Waals surface area contributed by atoms with Gasteiger partial charge in [-0.2, -0.15) is 0 Å². The lowest BCUT2D eigenvalue weighted by atomic mass is 9.76. The van der Waals surface area contributed by atoms with Crippen LogP contribution in [0.5, 0.6) is 0 Å². The second-order valence-corrected chi connectivity index (χ2v) is 24.9. The summed E-state index contributed by atoms with van der Waals surface area (Å²) in [5.74, 6) is 3.71. The summed E-state index contributed by atoms with van der Waals surface area (Å²) in [5.41, 5.74) is 8.18. The molecule has 8 atom stereocenters. The first-order chi connectivity index (χ1) is 16.2. The first-order valence-corrected chi connectivity index (χ1v) is 18.7. The molecule has 0 N–H and O–H groups in total. The van der Waals surface area contributed by atoms with E-state index in [0.29, 0.717) is 5.41 Å². The van der Waals surface area contributed by atoms with Crippen molar-refractivity contribution in [3.8, 4) is 11.6 Å². The lowest BCUT2D eigenvalue weighted by molar-refractivity contribution is 0.350. The van der Waals surface area contributed by atoms with Crippen molar-refractivity contribution >= 4 is 33.7 Å². The van der Waals surface area contributed by atoms with Gasteiger partial charge in [0.15, 0.2) is 0 Å². The van der Waals surface area contributed by atoms with Crippen molar-refractivity contribution < 1.29 is 0 Å². The average molecular weight is 537 g/mol. The molecule has 4 heteroatoms. The van der Waals surface area contributed by atoms with E-state index in [-0.39, 0.29) is 41.6 Å². The molecule has 0 bridgehead atoms. The van der Waals surface area contributed by atoms with Gasteiger partial charge in [0.1, 0.15) is 0 Å². The summed E-state index contributed by atoms with van der Waals surface area (Å²) in [7, 11) is -0.398. The van der Waals surface area contributed by atoms with Crippen LogP contribution in [0.1, 0.15) is 73.4 Å². The Hall–Kier alpha value is -0.490. The third-order valence-corrected chi connectivity index (χ3v) is 29.9. The lowest BCUT2D eigenvalue weighted by Crippen LogP contribution is -2.41. The highest BCUT2D eigenvalue weighted by molar-refractivity contribution is 8.30. The van der Waals surface area contributed by atoms with Crippen LogP contribution in [0.2, 0.25) is 0 Å². The third kappa shape index (κ3) is 2.45. The van der Waals surface area contributed by atoms with Crippen molar-refractivity contribution in [1.82, 2.24) is 0 Å². The van der Waals surface area contributed by atoms with E-state index in [2.05, 4.69) is 135 Å².